The van der Waals surface area contributed by atoms with E-state index in [2.05, 4.69) is 15.4 Å². The molecule has 0 aliphatic rings. The topological polar surface area (TPSA) is 141 Å². The van der Waals surface area contributed by atoms with Crippen LogP contribution in [0, 0.1) is 6.92 Å². The maximum Gasteiger partial charge on any atom is 0.285 e. The Hall–Kier alpha value is -4.55. The summed E-state index contributed by atoms with van der Waals surface area (Å²) in [5.74, 6) is -0.494. The Labute approximate surface area is 240 Å². The van der Waals surface area contributed by atoms with Gasteiger partial charge in [0.15, 0.2) is 5.69 Å². The van der Waals surface area contributed by atoms with Crippen LogP contribution in [0.5, 0.6) is 0 Å². The van der Waals surface area contributed by atoms with Crippen LogP contribution in [0.4, 0.5) is 5.69 Å². The highest BCUT2D eigenvalue weighted by atomic mass is 35.5. The Morgan fingerprint density at radius 2 is 1.80 bits per heavy atom. The Morgan fingerprint density at radius 1 is 1.07 bits per heavy atom. The summed E-state index contributed by atoms with van der Waals surface area (Å²) >= 11 is 6.01. The Balaban J connectivity index is 1.59. The van der Waals surface area contributed by atoms with Crippen LogP contribution in [0.2, 0.25) is 5.15 Å². The van der Waals surface area contributed by atoms with Crippen LogP contribution in [-0.2, 0) is 17.1 Å². The number of anilines is 1. The summed E-state index contributed by atoms with van der Waals surface area (Å²) in [5.41, 5.74) is 3.37. The minimum absolute atomic E-state index is 0.0220. The molecule has 0 aliphatic carbocycles. The van der Waals surface area contributed by atoms with Gasteiger partial charge in [0.1, 0.15) is 11.0 Å². The number of halogens is 1. The van der Waals surface area contributed by atoms with Crippen LogP contribution in [0.3, 0.4) is 0 Å². The number of carbonyl (C=O) groups excluding carboxylic acids is 1. The molecule has 3 heterocycles. The molecule has 0 aliphatic heterocycles. The van der Waals surface area contributed by atoms with Crippen molar-refractivity contribution >= 4 is 44.1 Å². The van der Waals surface area contributed by atoms with Gasteiger partial charge >= 0.3 is 0 Å². The van der Waals surface area contributed by atoms with Crippen molar-refractivity contribution in [3.8, 4) is 17.1 Å². The predicted octanol–water partition coefficient (Wildman–Crippen LogP) is 4.01. The lowest BCUT2D eigenvalue weighted by Gasteiger charge is -2.20. The minimum Gasteiger partial charge on any atom is -0.377 e. The first kappa shape index (κ1) is 28.0. The Morgan fingerprint density at radius 3 is 2.51 bits per heavy atom. The van der Waals surface area contributed by atoms with Crippen molar-refractivity contribution in [2.75, 3.05) is 11.6 Å². The summed E-state index contributed by atoms with van der Waals surface area (Å²) in [6.07, 6.45) is 4.34. The molecule has 1 atom stereocenters. The highest BCUT2D eigenvalue weighted by Gasteiger charge is 2.22. The molecule has 0 radical (unpaired) electrons. The summed E-state index contributed by atoms with van der Waals surface area (Å²) in [5, 5.41) is 8.12. The van der Waals surface area contributed by atoms with E-state index in [4.69, 9.17) is 16.6 Å². The first-order chi connectivity index (χ1) is 19.4. The molecule has 1 amide bonds. The van der Waals surface area contributed by atoms with Crippen molar-refractivity contribution in [3.05, 3.63) is 99.3 Å². The van der Waals surface area contributed by atoms with Crippen LogP contribution in [0.25, 0.3) is 28.0 Å². The molecule has 210 valence electrons. The number of carbonyl (C=O) groups is 1. The number of sulfonamides is 1. The molecule has 41 heavy (non-hydrogen) atoms. The maximum atomic E-state index is 13.5. The van der Waals surface area contributed by atoms with Crippen LogP contribution in [0.1, 0.15) is 34.6 Å². The van der Waals surface area contributed by atoms with E-state index < -0.39 is 22.0 Å². The molecular weight excluding hydrogens is 566 g/mol. The summed E-state index contributed by atoms with van der Waals surface area (Å²) < 4.78 is 28.5. The van der Waals surface area contributed by atoms with Gasteiger partial charge in [0.05, 0.1) is 46.3 Å². The molecule has 0 spiro atoms. The zero-order valence-corrected chi connectivity index (χ0v) is 24.2. The van der Waals surface area contributed by atoms with Crippen molar-refractivity contribution in [1.82, 2.24) is 29.0 Å². The number of rotatable bonds is 7. The molecule has 2 N–H and O–H groups in total. The van der Waals surface area contributed by atoms with Gasteiger partial charge in [-0.15, -0.1) is 0 Å². The fourth-order valence-corrected chi connectivity index (χ4v) is 5.13. The third-order valence-corrected chi connectivity index (χ3v) is 7.18. The Kier molecular flexibility index (Phi) is 7.37. The summed E-state index contributed by atoms with van der Waals surface area (Å²) in [6.45, 7) is 3.72. The van der Waals surface area contributed by atoms with E-state index in [0.717, 1.165) is 17.5 Å². The van der Waals surface area contributed by atoms with Crippen LogP contribution in [-0.4, -0.2) is 44.9 Å². The van der Waals surface area contributed by atoms with E-state index in [-0.39, 0.29) is 22.1 Å². The van der Waals surface area contributed by atoms with Crippen molar-refractivity contribution in [1.29, 1.82) is 0 Å². The molecule has 11 nitrogen and oxygen atoms in total. The molecule has 5 rings (SSSR count). The third kappa shape index (κ3) is 5.83. The fourth-order valence-electron chi connectivity index (χ4n) is 4.55. The van der Waals surface area contributed by atoms with Crippen molar-refractivity contribution in [2.45, 2.75) is 19.9 Å². The lowest BCUT2D eigenvalue weighted by atomic mass is 10.0. The number of amides is 1. The normalized spacial score (nSPS) is 12.3. The van der Waals surface area contributed by atoms with E-state index in [0.29, 0.717) is 27.9 Å². The standard InChI is InChI=1S/C28H26ClN7O4S/c1-16-12-20(17(2)31-22-10-11-23(29)32-25(22)27(37)34-41(4,39)40)24-21(13-16)28(38)35(3)26(33-24)18-14-30-36(15-18)19-8-6-5-7-9-19/h5-15,17,31H,1-4H3,(H,34,37)/t17-/m1/s1. The predicted molar refractivity (Wildman–Crippen MR) is 158 cm³/mol. The SMILES string of the molecule is Cc1cc([C@@H](C)Nc2ccc(Cl)nc2C(=O)NS(C)(=O)=O)c2nc(-c3cnn(-c4ccccc4)c3)n(C)c(=O)c2c1. The van der Waals surface area contributed by atoms with E-state index >= 15 is 0 Å². The molecule has 2 aromatic carbocycles. The van der Waals surface area contributed by atoms with Crippen LogP contribution in [0.15, 0.2) is 71.8 Å². The second kappa shape index (κ2) is 10.8. The molecule has 0 fully saturated rings. The number of nitrogens with zero attached hydrogens (tertiary/aromatic N) is 5. The first-order valence-corrected chi connectivity index (χ1v) is 14.7. The van der Waals surface area contributed by atoms with Gasteiger partial charge in [0.2, 0.25) is 10.0 Å². The number of aromatic nitrogens is 5. The molecule has 0 unspecified atom stereocenters. The molecular formula is C28H26ClN7O4S. The van der Waals surface area contributed by atoms with Crippen LogP contribution >= 0.6 is 11.6 Å². The number of para-hydroxylation sites is 1. The van der Waals surface area contributed by atoms with E-state index in [1.807, 2.05) is 61.2 Å². The zero-order valence-electron chi connectivity index (χ0n) is 22.6. The van der Waals surface area contributed by atoms with Gasteiger partial charge < -0.3 is 5.32 Å². The van der Waals surface area contributed by atoms with Crippen molar-refractivity contribution in [2.24, 2.45) is 7.05 Å². The van der Waals surface area contributed by atoms with E-state index in [1.165, 1.54) is 16.7 Å². The number of hydrogen-bond donors (Lipinski definition) is 2. The second-order valence-corrected chi connectivity index (χ2v) is 11.8. The Bertz CT molecular complexity index is 1970. The summed E-state index contributed by atoms with van der Waals surface area (Å²) in [7, 11) is -2.17. The molecule has 5 aromatic rings. The largest absolute Gasteiger partial charge is 0.377 e. The number of benzene rings is 2. The number of nitrogens with one attached hydrogen (secondary N) is 2. The number of pyridine rings is 1. The lowest BCUT2D eigenvalue weighted by Crippen LogP contribution is -2.31. The molecule has 0 saturated carbocycles. The molecule has 0 bridgehead atoms. The average Bonchev–Trinajstić information content (AvgIpc) is 3.41. The average molecular weight is 592 g/mol. The number of aryl methyl sites for hydroxylation is 1. The van der Waals surface area contributed by atoms with Gasteiger partial charge in [-0.25, -0.2) is 27.8 Å². The molecule has 13 heteroatoms. The molecule has 0 saturated heterocycles. The quantitative estimate of drug-likeness (QED) is 0.271. The van der Waals surface area contributed by atoms with Gasteiger partial charge in [0, 0.05) is 18.8 Å². The van der Waals surface area contributed by atoms with Gasteiger partial charge in [-0.3, -0.25) is 14.2 Å². The summed E-state index contributed by atoms with van der Waals surface area (Å²) in [4.78, 5) is 35.2. The fraction of sp³-hybridized carbons (Fsp3) is 0.179. The van der Waals surface area contributed by atoms with Gasteiger partial charge in [-0.2, -0.15) is 5.10 Å². The second-order valence-electron chi connectivity index (χ2n) is 9.66. The van der Waals surface area contributed by atoms with Crippen molar-refractivity contribution < 1.29 is 13.2 Å². The third-order valence-electron chi connectivity index (χ3n) is 6.41. The monoisotopic (exact) mass is 591 g/mol. The lowest BCUT2D eigenvalue weighted by molar-refractivity contribution is 0.0977. The molecule has 3 aromatic heterocycles. The smallest absolute Gasteiger partial charge is 0.285 e. The van der Waals surface area contributed by atoms with Gasteiger partial charge in [0.25, 0.3) is 11.5 Å². The number of fused-ring (bicyclic) bond motifs is 1. The highest BCUT2D eigenvalue weighted by molar-refractivity contribution is 7.89. The first-order valence-electron chi connectivity index (χ1n) is 12.5. The number of hydrogen-bond acceptors (Lipinski definition) is 8. The summed E-state index contributed by atoms with van der Waals surface area (Å²) in [6, 6.07) is 15.8. The van der Waals surface area contributed by atoms with Gasteiger partial charge in [-0.1, -0.05) is 35.9 Å². The highest BCUT2D eigenvalue weighted by Crippen LogP contribution is 2.29. The van der Waals surface area contributed by atoms with E-state index in [1.54, 1.807) is 24.0 Å². The van der Waals surface area contributed by atoms with Crippen LogP contribution < -0.4 is 15.6 Å². The minimum atomic E-state index is -3.84. The maximum absolute atomic E-state index is 13.5. The van der Waals surface area contributed by atoms with E-state index in [9.17, 15) is 18.0 Å². The zero-order chi connectivity index (χ0) is 29.5. The van der Waals surface area contributed by atoms with Crippen molar-refractivity contribution in [3.63, 3.8) is 0 Å². The van der Waals surface area contributed by atoms with Gasteiger partial charge in [-0.05, 0) is 49.7 Å².